The van der Waals surface area contributed by atoms with Crippen molar-refractivity contribution >= 4 is 29.3 Å². The molecule has 0 radical (unpaired) electrons. The quantitative estimate of drug-likeness (QED) is 0.223. The molecule has 1 N–H and O–H groups in total. The van der Waals surface area contributed by atoms with E-state index < -0.39 is 0 Å². The zero-order valence-corrected chi connectivity index (χ0v) is 21.5. The smallest absolute Gasteiger partial charge is 0.308 e. The van der Waals surface area contributed by atoms with Crippen LogP contribution in [0.5, 0.6) is 5.75 Å². The van der Waals surface area contributed by atoms with E-state index in [2.05, 4.69) is 5.32 Å². The molecule has 4 rings (SSSR count). The van der Waals surface area contributed by atoms with E-state index >= 15 is 0 Å². The number of nitrogens with one attached hydrogen (secondary N) is 1. The summed E-state index contributed by atoms with van der Waals surface area (Å²) in [6, 6.07) is 12.7. The lowest BCUT2D eigenvalue weighted by Crippen LogP contribution is -2.29. The second-order valence-electron chi connectivity index (χ2n) is 9.66. The van der Waals surface area contributed by atoms with Crippen LogP contribution in [0, 0.1) is 5.92 Å². The number of rotatable bonds is 11. The Morgan fingerprint density at radius 2 is 1.64 bits per heavy atom. The minimum Gasteiger partial charge on any atom is -0.490 e. The topological polar surface area (TPSA) is 81.7 Å². The van der Waals surface area contributed by atoms with Crippen LogP contribution < -0.4 is 10.1 Å². The highest BCUT2D eigenvalue weighted by Gasteiger charge is 2.28. The van der Waals surface area contributed by atoms with Crippen LogP contribution >= 0.6 is 11.6 Å². The average molecular weight is 512 g/mol. The third kappa shape index (κ3) is 7.10. The Balaban J connectivity index is 1.16. The van der Waals surface area contributed by atoms with Gasteiger partial charge in [-0.05, 0) is 99.7 Å². The number of carbonyl (C=O) groups is 3. The number of hydrogen-bond acceptors (Lipinski definition) is 5. The van der Waals surface area contributed by atoms with Gasteiger partial charge in [0, 0.05) is 29.1 Å². The number of hydrogen-bond donors (Lipinski definition) is 1. The van der Waals surface area contributed by atoms with E-state index in [0.717, 1.165) is 49.8 Å². The molecule has 2 aromatic carbocycles. The van der Waals surface area contributed by atoms with Gasteiger partial charge in [-0.2, -0.15) is 0 Å². The Labute approximate surface area is 217 Å². The van der Waals surface area contributed by atoms with Gasteiger partial charge in [-0.15, -0.1) is 0 Å². The fourth-order valence-electron chi connectivity index (χ4n) is 4.68. The van der Waals surface area contributed by atoms with Crippen LogP contribution in [0.1, 0.15) is 90.5 Å². The molecular weight excluding hydrogens is 478 g/mol. The molecule has 0 aromatic heterocycles. The molecule has 2 aliphatic carbocycles. The van der Waals surface area contributed by atoms with Crippen LogP contribution in [-0.4, -0.2) is 36.9 Å². The van der Waals surface area contributed by atoms with Gasteiger partial charge >= 0.3 is 5.97 Å². The molecular formula is C29H34ClNO5. The van der Waals surface area contributed by atoms with Crippen LogP contribution in [0.4, 0.5) is 0 Å². The molecule has 0 aliphatic heterocycles. The lowest BCUT2D eigenvalue weighted by molar-refractivity contribution is -0.149. The van der Waals surface area contributed by atoms with Gasteiger partial charge in [-0.3, -0.25) is 14.4 Å². The first-order valence-corrected chi connectivity index (χ1v) is 13.4. The molecule has 0 bridgehead atoms. The van der Waals surface area contributed by atoms with Crippen LogP contribution in [-0.2, 0) is 9.53 Å². The molecule has 0 heterocycles. The molecule has 0 atom stereocenters. The molecule has 2 aliphatic rings. The minimum absolute atomic E-state index is 0.0275. The van der Waals surface area contributed by atoms with Gasteiger partial charge in [0.05, 0.1) is 18.6 Å². The molecule has 6 nitrogen and oxygen atoms in total. The second kappa shape index (κ2) is 12.4. The number of Topliss-reactive ketones (excluding diaryl/α,β-unsaturated/α-hetero) is 1. The highest BCUT2D eigenvalue weighted by molar-refractivity contribution is 6.31. The van der Waals surface area contributed by atoms with E-state index in [1.807, 2.05) is 31.2 Å². The van der Waals surface area contributed by atoms with Gasteiger partial charge < -0.3 is 14.8 Å². The van der Waals surface area contributed by atoms with Crippen molar-refractivity contribution in [3.63, 3.8) is 0 Å². The maximum Gasteiger partial charge on any atom is 0.308 e. The summed E-state index contributed by atoms with van der Waals surface area (Å²) in [7, 11) is 0. The second-order valence-corrected chi connectivity index (χ2v) is 10.1. The Morgan fingerprint density at radius 1 is 0.944 bits per heavy atom. The summed E-state index contributed by atoms with van der Waals surface area (Å²) in [5, 5.41) is 3.52. The van der Waals surface area contributed by atoms with E-state index in [0.29, 0.717) is 48.1 Å². The first kappa shape index (κ1) is 26.2. The predicted molar refractivity (Wildman–Crippen MR) is 139 cm³/mol. The molecule has 0 saturated heterocycles. The molecule has 7 heteroatoms. The standard InChI is InChI=1S/C29H34ClNO5/c1-2-35-29(34)21-9-14-24(15-10-21)36-23-12-7-20(8-13-23)27(32)4-3-17-31-28(33)22-11-16-25(19-5-6-19)26(30)18-22/h7-8,11-13,16,18-19,21,24H,2-6,9-10,14-15,17H2,1H3,(H,31,33). The zero-order chi connectivity index (χ0) is 25.5. The molecule has 0 spiro atoms. The fourth-order valence-corrected chi connectivity index (χ4v) is 5.01. The SMILES string of the molecule is CCOC(=O)C1CCC(Oc2ccc(C(=O)CCCNC(=O)c3ccc(C4CC4)c(Cl)c3)cc2)CC1. The van der Waals surface area contributed by atoms with Gasteiger partial charge in [0.15, 0.2) is 5.78 Å². The van der Waals surface area contributed by atoms with Gasteiger partial charge in [0.1, 0.15) is 5.75 Å². The van der Waals surface area contributed by atoms with Crippen molar-refractivity contribution in [3.8, 4) is 5.75 Å². The number of halogens is 1. The maximum absolute atomic E-state index is 12.6. The van der Waals surface area contributed by atoms with Crippen LogP contribution in [0.25, 0.3) is 0 Å². The lowest BCUT2D eigenvalue weighted by Gasteiger charge is -2.27. The summed E-state index contributed by atoms with van der Waals surface area (Å²) < 4.78 is 11.2. The normalized spacial score (nSPS) is 19.4. The molecule has 2 fully saturated rings. The highest BCUT2D eigenvalue weighted by Crippen LogP contribution is 2.43. The summed E-state index contributed by atoms with van der Waals surface area (Å²) in [6.45, 7) is 2.66. The Hall–Kier alpha value is -2.86. The van der Waals surface area contributed by atoms with E-state index in [1.165, 1.54) is 0 Å². The Bertz CT molecular complexity index is 1070. The molecule has 0 unspecified atom stereocenters. The van der Waals surface area contributed by atoms with Gasteiger partial charge in [0.2, 0.25) is 0 Å². The summed E-state index contributed by atoms with van der Waals surface area (Å²) in [4.78, 5) is 36.8. The number of ketones is 1. The van der Waals surface area contributed by atoms with Crippen molar-refractivity contribution in [2.24, 2.45) is 5.92 Å². The van der Waals surface area contributed by atoms with Crippen LogP contribution in [0.2, 0.25) is 5.02 Å². The summed E-state index contributed by atoms with van der Waals surface area (Å²) >= 11 is 6.32. The molecule has 192 valence electrons. The van der Waals surface area contributed by atoms with E-state index in [4.69, 9.17) is 21.1 Å². The molecule has 2 saturated carbocycles. The molecule has 2 aromatic rings. The zero-order valence-electron chi connectivity index (χ0n) is 20.8. The fraction of sp³-hybridized carbons (Fsp3) is 0.483. The van der Waals surface area contributed by atoms with E-state index in [-0.39, 0.29) is 29.7 Å². The van der Waals surface area contributed by atoms with E-state index in [1.54, 1.807) is 18.2 Å². The predicted octanol–water partition coefficient (Wildman–Crippen LogP) is 6.11. The first-order valence-electron chi connectivity index (χ1n) is 13.0. The molecule has 36 heavy (non-hydrogen) atoms. The number of amides is 1. The summed E-state index contributed by atoms with van der Waals surface area (Å²) in [5.41, 5.74) is 2.29. The average Bonchev–Trinajstić information content (AvgIpc) is 3.73. The Kier molecular flexibility index (Phi) is 9.03. The van der Waals surface area contributed by atoms with Gasteiger partial charge in [-0.1, -0.05) is 17.7 Å². The van der Waals surface area contributed by atoms with Crippen molar-refractivity contribution in [1.29, 1.82) is 0 Å². The van der Waals surface area contributed by atoms with Gasteiger partial charge in [-0.25, -0.2) is 0 Å². The molecule has 1 amide bonds. The van der Waals surface area contributed by atoms with Crippen molar-refractivity contribution in [3.05, 3.63) is 64.2 Å². The maximum atomic E-state index is 12.6. The minimum atomic E-state index is -0.176. The van der Waals surface area contributed by atoms with Crippen molar-refractivity contribution < 1.29 is 23.9 Å². The summed E-state index contributed by atoms with van der Waals surface area (Å²) in [6.07, 6.45) is 6.47. The number of benzene rings is 2. The van der Waals surface area contributed by atoms with E-state index in [9.17, 15) is 14.4 Å². The first-order chi connectivity index (χ1) is 17.4. The van der Waals surface area contributed by atoms with Gasteiger partial charge in [0.25, 0.3) is 5.91 Å². The lowest BCUT2D eigenvalue weighted by atomic mass is 9.87. The Morgan fingerprint density at radius 3 is 2.28 bits per heavy atom. The van der Waals surface area contributed by atoms with Crippen molar-refractivity contribution in [2.45, 2.75) is 70.3 Å². The number of esters is 1. The van der Waals surface area contributed by atoms with Crippen LogP contribution in [0.15, 0.2) is 42.5 Å². The number of ether oxygens (including phenoxy) is 2. The third-order valence-corrected chi connectivity index (χ3v) is 7.25. The van der Waals surface area contributed by atoms with Crippen molar-refractivity contribution in [1.82, 2.24) is 5.32 Å². The van der Waals surface area contributed by atoms with Crippen LogP contribution in [0.3, 0.4) is 0 Å². The summed E-state index contributed by atoms with van der Waals surface area (Å²) in [5.74, 6) is 0.987. The number of carbonyl (C=O) groups excluding carboxylic acids is 3. The monoisotopic (exact) mass is 511 g/mol. The highest BCUT2D eigenvalue weighted by atomic mass is 35.5. The third-order valence-electron chi connectivity index (χ3n) is 6.92. The largest absolute Gasteiger partial charge is 0.490 e. The van der Waals surface area contributed by atoms with Crippen molar-refractivity contribution in [2.75, 3.05) is 13.2 Å².